The predicted octanol–water partition coefficient (Wildman–Crippen LogP) is 4.63. The minimum absolute atomic E-state index is 0.0899. The van der Waals surface area contributed by atoms with Gasteiger partial charge in [-0.3, -0.25) is 24.6 Å². The molecule has 0 radical (unpaired) electrons. The number of morpholine rings is 1. The van der Waals surface area contributed by atoms with Gasteiger partial charge in [-0.05, 0) is 48.2 Å². The van der Waals surface area contributed by atoms with Gasteiger partial charge in [-0.1, -0.05) is 42.5 Å². The zero-order valence-electron chi connectivity index (χ0n) is 23.4. The highest BCUT2D eigenvalue weighted by Gasteiger charge is 2.46. The highest BCUT2D eigenvalue weighted by atomic mass is 16.6. The summed E-state index contributed by atoms with van der Waals surface area (Å²) in [6.07, 6.45) is 0.588. The summed E-state index contributed by atoms with van der Waals surface area (Å²) in [5.74, 6) is -1.30. The van der Waals surface area contributed by atoms with Gasteiger partial charge < -0.3 is 19.5 Å². The molecule has 0 spiro atoms. The number of benzene rings is 3. The second-order valence-corrected chi connectivity index (χ2v) is 10.4. The number of aryl methyl sites for hydroxylation is 1. The quantitative estimate of drug-likeness (QED) is 0.123. The number of Topliss-reactive ketones (excluding diaryl/α,β-unsaturated/α-hetero) is 1. The Balaban J connectivity index is 1.46. The van der Waals surface area contributed by atoms with Crippen molar-refractivity contribution in [3.05, 3.63) is 111 Å². The molecule has 0 saturated carbocycles. The number of hydrogen-bond acceptors (Lipinski definition) is 8. The maximum absolute atomic E-state index is 13.4. The number of amides is 1. The van der Waals surface area contributed by atoms with E-state index in [2.05, 4.69) is 4.90 Å². The summed E-state index contributed by atoms with van der Waals surface area (Å²) in [5, 5.41) is 23.1. The number of likely N-dealkylation sites (tertiary alicyclic amines) is 1. The van der Waals surface area contributed by atoms with Crippen LogP contribution in [0.25, 0.3) is 5.76 Å². The number of nitro groups is 1. The summed E-state index contributed by atoms with van der Waals surface area (Å²) >= 11 is 0. The molecule has 0 aliphatic carbocycles. The van der Waals surface area contributed by atoms with E-state index in [1.807, 2.05) is 30.3 Å². The summed E-state index contributed by atoms with van der Waals surface area (Å²) in [5.41, 5.74) is 2.16. The molecule has 2 fully saturated rings. The van der Waals surface area contributed by atoms with Crippen molar-refractivity contribution in [2.45, 2.75) is 26.0 Å². The van der Waals surface area contributed by atoms with Crippen LogP contribution in [-0.4, -0.2) is 70.9 Å². The summed E-state index contributed by atoms with van der Waals surface area (Å²) in [4.78, 5) is 41.5. The van der Waals surface area contributed by atoms with Crippen molar-refractivity contribution in [3.8, 4) is 5.75 Å². The van der Waals surface area contributed by atoms with Crippen LogP contribution >= 0.6 is 0 Å². The molecule has 2 heterocycles. The molecular formula is C32H33N3O7. The van der Waals surface area contributed by atoms with Gasteiger partial charge >= 0.3 is 0 Å². The average Bonchev–Trinajstić information content (AvgIpc) is 3.26. The smallest absolute Gasteiger partial charge is 0.295 e. The van der Waals surface area contributed by atoms with Gasteiger partial charge in [0.15, 0.2) is 0 Å². The lowest BCUT2D eigenvalue weighted by atomic mass is 9.93. The van der Waals surface area contributed by atoms with Gasteiger partial charge in [0.1, 0.15) is 18.1 Å². The molecule has 2 aliphatic heterocycles. The Kier molecular flexibility index (Phi) is 8.94. The lowest BCUT2D eigenvalue weighted by Crippen LogP contribution is -2.39. The Morgan fingerprint density at radius 1 is 1.02 bits per heavy atom. The molecule has 42 heavy (non-hydrogen) atoms. The highest BCUT2D eigenvalue weighted by Crippen LogP contribution is 2.41. The molecule has 5 rings (SSSR count). The number of carbonyl (C=O) groups excluding carboxylic acids is 2. The number of non-ortho nitro benzene ring substituents is 1. The van der Waals surface area contributed by atoms with Crippen LogP contribution in [0.5, 0.6) is 5.75 Å². The number of hydrogen-bond donors (Lipinski definition) is 1. The van der Waals surface area contributed by atoms with Crippen molar-refractivity contribution in [2.24, 2.45) is 0 Å². The molecule has 1 atom stereocenters. The van der Waals surface area contributed by atoms with E-state index in [-0.39, 0.29) is 23.6 Å². The monoisotopic (exact) mass is 571 g/mol. The zero-order valence-corrected chi connectivity index (χ0v) is 23.4. The first kappa shape index (κ1) is 29.0. The van der Waals surface area contributed by atoms with Crippen molar-refractivity contribution >= 4 is 23.1 Å². The summed E-state index contributed by atoms with van der Waals surface area (Å²) in [7, 11) is 0. The van der Waals surface area contributed by atoms with Crippen LogP contribution < -0.4 is 4.74 Å². The van der Waals surface area contributed by atoms with Crippen LogP contribution in [0.2, 0.25) is 0 Å². The molecule has 10 nitrogen and oxygen atoms in total. The van der Waals surface area contributed by atoms with E-state index in [0.717, 1.165) is 18.7 Å². The third-order valence-electron chi connectivity index (χ3n) is 7.62. The van der Waals surface area contributed by atoms with Crippen molar-refractivity contribution in [1.82, 2.24) is 9.80 Å². The molecule has 2 saturated heterocycles. The van der Waals surface area contributed by atoms with Crippen molar-refractivity contribution in [2.75, 3.05) is 39.4 Å². The molecule has 0 aromatic heterocycles. The van der Waals surface area contributed by atoms with Crippen LogP contribution in [0.1, 0.15) is 34.7 Å². The van der Waals surface area contributed by atoms with Gasteiger partial charge in [-0.25, -0.2) is 0 Å². The van der Waals surface area contributed by atoms with E-state index in [1.165, 1.54) is 23.1 Å². The number of carbonyl (C=O) groups is 2. The number of ether oxygens (including phenoxy) is 2. The maximum Gasteiger partial charge on any atom is 0.295 e. The maximum atomic E-state index is 13.4. The minimum atomic E-state index is -0.969. The van der Waals surface area contributed by atoms with E-state index in [0.29, 0.717) is 55.2 Å². The fraction of sp³-hybridized carbons (Fsp3) is 0.312. The Bertz CT molecular complexity index is 1500. The molecule has 3 aromatic carbocycles. The van der Waals surface area contributed by atoms with Crippen molar-refractivity contribution in [1.29, 1.82) is 0 Å². The van der Waals surface area contributed by atoms with E-state index < -0.39 is 22.7 Å². The first-order valence-electron chi connectivity index (χ1n) is 13.9. The molecule has 2 aliphatic rings. The highest BCUT2D eigenvalue weighted by molar-refractivity contribution is 6.46. The van der Waals surface area contributed by atoms with Crippen molar-refractivity contribution < 1.29 is 29.1 Å². The van der Waals surface area contributed by atoms with Gasteiger partial charge in [0.05, 0.1) is 29.8 Å². The predicted molar refractivity (Wildman–Crippen MR) is 156 cm³/mol. The third kappa shape index (κ3) is 6.35. The molecule has 1 amide bonds. The Labute approximate surface area is 243 Å². The van der Waals surface area contributed by atoms with Gasteiger partial charge in [-0.15, -0.1) is 0 Å². The fourth-order valence-corrected chi connectivity index (χ4v) is 5.43. The lowest BCUT2D eigenvalue weighted by molar-refractivity contribution is -0.384. The Hall–Kier alpha value is -4.54. The van der Waals surface area contributed by atoms with Gasteiger partial charge in [-0.2, -0.15) is 0 Å². The summed E-state index contributed by atoms with van der Waals surface area (Å²) < 4.78 is 11.3. The topological polar surface area (TPSA) is 122 Å². The van der Waals surface area contributed by atoms with Gasteiger partial charge in [0.25, 0.3) is 17.4 Å². The molecule has 0 unspecified atom stereocenters. The van der Waals surface area contributed by atoms with Gasteiger partial charge in [0.2, 0.25) is 0 Å². The SMILES string of the molecule is Cc1cc(OCc2ccccc2)ccc1C(O)=C1C(=O)C(=O)N(CCCN2CCOCC2)[C@@H]1c1cccc([N+](=O)[O-])c1. The van der Waals surface area contributed by atoms with E-state index in [9.17, 15) is 24.8 Å². The molecule has 1 N–H and O–H groups in total. The third-order valence-corrected chi connectivity index (χ3v) is 7.62. The number of aliphatic hydroxyl groups is 1. The second-order valence-electron chi connectivity index (χ2n) is 10.4. The van der Waals surface area contributed by atoms with E-state index in [1.54, 1.807) is 31.2 Å². The second kappa shape index (κ2) is 13.0. The zero-order chi connectivity index (χ0) is 29.6. The van der Waals surface area contributed by atoms with Crippen LogP contribution in [0.4, 0.5) is 5.69 Å². The number of aliphatic hydroxyl groups excluding tert-OH is 1. The van der Waals surface area contributed by atoms with E-state index >= 15 is 0 Å². The Morgan fingerprint density at radius 3 is 2.50 bits per heavy atom. The first-order valence-corrected chi connectivity index (χ1v) is 13.9. The Morgan fingerprint density at radius 2 is 1.79 bits per heavy atom. The number of rotatable bonds is 10. The number of nitro benzene ring substituents is 1. The van der Waals surface area contributed by atoms with Crippen LogP contribution in [-0.2, 0) is 20.9 Å². The van der Waals surface area contributed by atoms with Crippen LogP contribution in [0.15, 0.2) is 78.4 Å². The van der Waals surface area contributed by atoms with Crippen LogP contribution in [0.3, 0.4) is 0 Å². The molecule has 218 valence electrons. The van der Waals surface area contributed by atoms with E-state index in [4.69, 9.17) is 9.47 Å². The lowest BCUT2D eigenvalue weighted by Gasteiger charge is -2.29. The van der Waals surface area contributed by atoms with Crippen LogP contribution in [0, 0.1) is 17.0 Å². The fourth-order valence-electron chi connectivity index (χ4n) is 5.43. The first-order chi connectivity index (χ1) is 20.3. The summed E-state index contributed by atoms with van der Waals surface area (Å²) in [6, 6.07) is 19.7. The largest absolute Gasteiger partial charge is 0.507 e. The molecular weight excluding hydrogens is 538 g/mol. The number of nitrogens with zero attached hydrogens (tertiary/aromatic N) is 3. The molecule has 10 heteroatoms. The standard InChI is InChI=1S/C32H33N3O7/c1-22-19-26(42-21-23-7-3-2-4-8-23)11-12-27(22)30(36)28-29(24-9-5-10-25(20-24)35(39)40)34(32(38)31(28)37)14-6-13-33-15-17-41-18-16-33/h2-5,7-12,19-20,29,36H,6,13-18,21H2,1H3/t29-/m1/s1. The minimum Gasteiger partial charge on any atom is -0.507 e. The molecule has 0 bridgehead atoms. The summed E-state index contributed by atoms with van der Waals surface area (Å²) in [6.45, 7) is 5.98. The van der Waals surface area contributed by atoms with Gasteiger partial charge in [0, 0.05) is 43.9 Å². The molecule has 3 aromatic rings. The number of ketones is 1. The average molecular weight is 572 g/mol. The van der Waals surface area contributed by atoms with Crippen molar-refractivity contribution in [3.63, 3.8) is 0 Å². The normalized spacial score (nSPS) is 18.8.